The number of nitrogens with one attached hydrogen (secondary N) is 1. The molecule has 29 heavy (non-hydrogen) atoms. The van der Waals surface area contributed by atoms with Crippen molar-refractivity contribution in [2.45, 2.75) is 23.9 Å². The number of hydrogen-bond donors (Lipinski definition) is 1. The van der Waals surface area contributed by atoms with Crippen LogP contribution in [-0.2, 0) is 22.1 Å². The van der Waals surface area contributed by atoms with Crippen LogP contribution >= 0.6 is 12.4 Å². The fourth-order valence-corrected chi connectivity index (χ4v) is 4.36. The predicted octanol–water partition coefficient (Wildman–Crippen LogP) is 4.43. The highest BCUT2D eigenvalue weighted by atomic mass is 35.5. The summed E-state index contributed by atoms with van der Waals surface area (Å²) in [5, 5.41) is 0. The Morgan fingerprint density at radius 2 is 1.31 bits per heavy atom. The molecule has 3 aromatic carbocycles. The second-order valence-corrected chi connectivity index (χ2v) is 8.89. The number of rotatable bonds is 8. The van der Waals surface area contributed by atoms with Gasteiger partial charge in [0.25, 0.3) is 0 Å². The number of likely N-dealkylation sites (N-methyl/N-ethyl adjacent to an activating group) is 1. The standard InChI is InChI=1S/C23H26N2O2S.ClH/c1-23(21-14-8-4-9-15-21,25(2)18-20-12-6-3-7-13-20)19-24-28(26,27)22-16-10-5-11-17-22;/h3-17,24H,18-19H2,1-2H3;1H. The maximum absolute atomic E-state index is 12.8. The van der Waals surface area contributed by atoms with E-state index < -0.39 is 15.6 Å². The number of nitrogens with zero attached hydrogens (tertiary/aromatic N) is 1. The van der Waals surface area contributed by atoms with E-state index in [1.807, 2.05) is 55.6 Å². The molecule has 0 fully saturated rings. The lowest BCUT2D eigenvalue weighted by molar-refractivity contribution is 0.132. The summed E-state index contributed by atoms with van der Waals surface area (Å²) in [5.41, 5.74) is 1.72. The summed E-state index contributed by atoms with van der Waals surface area (Å²) >= 11 is 0. The van der Waals surface area contributed by atoms with E-state index in [0.717, 1.165) is 5.56 Å². The van der Waals surface area contributed by atoms with E-state index in [-0.39, 0.29) is 23.8 Å². The molecule has 0 aromatic heterocycles. The lowest BCUT2D eigenvalue weighted by atomic mass is 9.90. The largest absolute Gasteiger partial charge is 0.291 e. The zero-order chi connectivity index (χ0) is 20.0. The van der Waals surface area contributed by atoms with Crippen LogP contribution in [0.1, 0.15) is 18.1 Å². The second kappa shape index (κ2) is 10.0. The van der Waals surface area contributed by atoms with Crippen molar-refractivity contribution in [3.8, 4) is 0 Å². The van der Waals surface area contributed by atoms with E-state index in [1.165, 1.54) is 5.56 Å². The smallest absolute Gasteiger partial charge is 0.240 e. The molecule has 154 valence electrons. The first-order valence-electron chi connectivity index (χ1n) is 9.27. The van der Waals surface area contributed by atoms with Crippen LogP contribution in [0.25, 0.3) is 0 Å². The molecule has 0 bridgehead atoms. The number of halogens is 1. The van der Waals surface area contributed by atoms with Crippen LogP contribution < -0.4 is 4.72 Å². The van der Waals surface area contributed by atoms with Crippen LogP contribution in [0.15, 0.2) is 95.9 Å². The monoisotopic (exact) mass is 430 g/mol. The average molecular weight is 431 g/mol. The Morgan fingerprint density at radius 3 is 1.86 bits per heavy atom. The minimum absolute atomic E-state index is 0. The molecular weight excluding hydrogens is 404 g/mol. The van der Waals surface area contributed by atoms with Crippen molar-refractivity contribution < 1.29 is 8.42 Å². The molecule has 0 heterocycles. The van der Waals surface area contributed by atoms with E-state index in [1.54, 1.807) is 30.3 Å². The van der Waals surface area contributed by atoms with Gasteiger partial charge in [0.2, 0.25) is 10.0 Å². The van der Waals surface area contributed by atoms with Gasteiger partial charge < -0.3 is 0 Å². The maximum atomic E-state index is 12.8. The van der Waals surface area contributed by atoms with Crippen molar-refractivity contribution in [2.24, 2.45) is 0 Å². The van der Waals surface area contributed by atoms with Gasteiger partial charge in [-0.25, -0.2) is 13.1 Å². The molecule has 0 spiro atoms. The van der Waals surface area contributed by atoms with Gasteiger partial charge in [-0.1, -0.05) is 78.9 Å². The molecule has 3 rings (SSSR count). The quantitative estimate of drug-likeness (QED) is 0.575. The van der Waals surface area contributed by atoms with Gasteiger partial charge in [-0.3, -0.25) is 4.90 Å². The molecular formula is C23H27ClN2O2S. The SMILES string of the molecule is CN(Cc1ccccc1)C(C)(CNS(=O)(=O)c1ccccc1)c1ccccc1.Cl. The van der Waals surface area contributed by atoms with Gasteiger partial charge in [-0.05, 0) is 37.2 Å². The van der Waals surface area contributed by atoms with Gasteiger partial charge in [-0.15, -0.1) is 12.4 Å². The van der Waals surface area contributed by atoms with Crippen LogP contribution in [0.5, 0.6) is 0 Å². The summed E-state index contributed by atoms with van der Waals surface area (Å²) < 4.78 is 28.3. The third-order valence-corrected chi connectivity index (χ3v) is 6.58. The Kier molecular flexibility index (Phi) is 7.99. The predicted molar refractivity (Wildman–Crippen MR) is 121 cm³/mol. The zero-order valence-electron chi connectivity index (χ0n) is 16.7. The Labute approximate surface area is 180 Å². The van der Waals surface area contributed by atoms with Crippen molar-refractivity contribution >= 4 is 22.4 Å². The van der Waals surface area contributed by atoms with Crippen LogP contribution in [0.2, 0.25) is 0 Å². The lowest BCUT2D eigenvalue weighted by Crippen LogP contribution is -2.49. The second-order valence-electron chi connectivity index (χ2n) is 7.12. The molecule has 3 aromatic rings. The molecule has 0 saturated heterocycles. The molecule has 1 atom stereocenters. The summed E-state index contributed by atoms with van der Waals surface area (Å²) in [6.45, 7) is 3.04. The summed E-state index contributed by atoms with van der Waals surface area (Å²) in [7, 11) is -1.56. The third-order valence-electron chi connectivity index (χ3n) is 5.16. The minimum atomic E-state index is -3.58. The normalized spacial score (nSPS) is 13.5. The molecule has 0 aliphatic rings. The summed E-state index contributed by atoms with van der Waals surface area (Å²) in [6.07, 6.45) is 0. The molecule has 4 nitrogen and oxygen atoms in total. The summed E-state index contributed by atoms with van der Waals surface area (Å²) in [6, 6.07) is 28.7. The van der Waals surface area contributed by atoms with Crippen molar-refractivity contribution in [2.75, 3.05) is 13.6 Å². The highest BCUT2D eigenvalue weighted by molar-refractivity contribution is 7.89. The molecule has 0 saturated carbocycles. The summed E-state index contributed by atoms with van der Waals surface area (Å²) in [4.78, 5) is 2.46. The first-order chi connectivity index (χ1) is 13.4. The molecule has 0 radical (unpaired) electrons. The van der Waals surface area contributed by atoms with Crippen LogP contribution in [-0.4, -0.2) is 26.9 Å². The van der Waals surface area contributed by atoms with Gasteiger partial charge in [-0.2, -0.15) is 0 Å². The van der Waals surface area contributed by atoms with E-state index in [2.05, 4.69) is 28.7 Å². The highest BCUT2D eigenvalue weighted by Crippen LogP contribution is 2.28. The number of benzene rings is 3. The first-order valence-corrected chi connectivity index (χ1v) is 10.8. The highest BCUT2D eigenvalue weighted by Gasteiger charge is 2.33. The van der Waals surface area contributed by atoms with Crippen LogP contribution in [0.3, 0.4) is 0 Å². The minimum Gasteiger partial charge on any atom is -0.291 e. The molecule has 1 N–H and O–H groups in total. The van der Waals surface area contributed by atoms with E-state index >= 15 is 0 Å². The van der Waals surface area contributed by atoms with Crippen LogP contribution in [0.4, 0.5) is 0 Å². The lowest BCUT2D eigenvalue weighted by Gasteiger charge is -2.39. The molecule has 0 aliphatic heterocycles. The maximum Gasteiger partial charge on any atom is 0.240 e. The summed E-state index contributed by atoms with van der Waals surface area (Å²) in [5.74, 6) is 0. The van der Waals surface area contributed by atoms with Crippen LogP contribution in [0, 0.1) is 0 Å². The molecule has 0 amide bonds. The Morgan fingerprint density at radius 1 is 0.828 bits per heavy atom. The van der Waals surface area contributed by atoms with Gasteiger partial charge in [0.1, 0.15) is 0 Å². The first kappa shape index (κ1) is 23.1. The van der Waals surface area contributed by atoms with E-state index in [9.17, 15) is 8.42 Å². The third kappa shape index (κ3) is 5.67. The zero-order valence-corrected chi connectivity index (χ0v) is 18.3. The Bertz CT molecular complexity index is 983. The molecule has 0 aliphatic carbocycles. The van der Waals surface area contributed by atoms with Crippen molar-refractivity contribution in [3.63, 3.8) is 0 Å². The Hall–Kier alpha value is -2.18. The van der Waals surface area contributed by atoms with Gasteiger partial charge >= 0.3 is 0 Å². The molecule has 6 heteroatoms. The van der Waals surface area contributed by atoms with Gasteiger partial charge in [0, 0.05) is 13.1 Å². The van der Waals surface area contributed by atoms with Crippen molar-refractivity contribution in [1.82, 2.24) is 9.62 Å². The molecule has 1 unspecified atom stereocenters. The van der Waals surface area contributed by atoms with Gasteiger partial charge in [0.15, 0.2) is 0 Å². The number of sulfonamides is 1. The average Bonchev–Trinajstić information content (AvgIpc) is 2.74. The van der Waals surface area contributed by atoms with Crippen molar-refractivity contribution in [3.05, 3.63) is 102 Å². The van der Waals surface area contributed by atoms with Crippen molar-refractivity contribution in [1.29, 1.82) is 0 Å². The Balaban J connectivity index is 0.00000300. The van der Waals surface area contributed by atoms with E-state index in [4.69, 9.17) is 0 Å². The fraction of sp³-hybridized carbons (Fsp3) is 0.217. The topological polar surface area (TPSA) is 49.4 Å². The van der Waals surface area contributed by atoms with Gasteiger partial charge in [0.05, 0.1) is 10.4 Å². The fourth-order valence-electron chi connectivity index (χ4n) is 3.20. The number of hydrogen-bond acceptors (Lipinski definition) is 3. The van der Waals surface area contributed by atoms with E-state index in [0.29, 0.717) is 6.54 Å².